The molecule has 0 aromatic heterocycles. The van der Waals surface area contributed by atoms with Crippen LogP contribution in [0.25, 0.3) is 0 Å². The molecule has 0 aliphatic carbocycles. The number of ether oxygens (including phenoxy) is 2. The maximum Gasteiger partial charge on any atom is 0.306 e. The van der Waals surface area contributed by atoms with Gasteiger partial charge in [-0.1, -0.05) is 114 Å². The fourth-order valence-corrected chi connectivity index (χ4v) is 3.80. The first-order chi connectivity index (χ1) is 19.0. The molecule has 6 heteroatoms. The number of rotatable bonds is 26. The van der Waals surface area contributed by atoms with E-state index in [1.165, 1.54) is 44.9 Å². The van der Waals surface area contributed by atoms with Gasteiger partial charge in [-0.2, -0.15) is 0 Å². The van der Waals surface area contributed by atoms with Gasteiger partial charge in [-0.3, -0.25) is 9.59 Å². The monoisotopic (exact) mass is 548 g/mol. The molecular weight excluding hydrogens is 492 g/mol. The topological polar surface area (TPSA) is 93.1 Å². The molecule has 0 saturated carbocycles. The first-order valence-corrected chi connectivity index (χ1v) is 15.3. The summed E-state index contributed by atoms with van der Waals surface area (Å²) in [5.74, 6) is -0.709. The van der Waals surface area contributed by atoms with Gasteiger partial charge in [-0.05, 0) is 44.9 Å². The van der Waals surface area contributed by atoms with Crippen molar-refractivity contribution in [2.75, 3.05) is 13.2 Å². The molecule has 0 saturated heterocycles. The van der Waals surface area contributed by atoms with E-state index in [1.807, 2.05) is 36.5 Å². The highest BCUT2D eigenvalue weighted by Gasteiger charge is 2.15. The van der Waals surface area contributed by atoms with Gasteiger partial charge in [-0.15, -0.1) is 0 Å². The number of carbonyl (C=O) groups excluding carboxylic acids is 2. The summed E-state index contributed by atoms with van der Waals surface area (Å²) in [6.45, 7) is 3.90. The van der Waals surface area contributed by atoms with Crippen LogP contribution in [0.3, 0.4) is 0 Å². The van der Waals surface area contributed by atoms with Crippen LogP contribution in [-0.2, 0) is 19.1 Å². The standard InChI is InChI=1S/C33H56O6/c1-3-5-7-9-13-19-23-27-33(37)39-31(28-34)29-38-32(36)26-22-18-15-12-11-14-17-21-25-30(35)24-20-16-10-8-6-4-2/h12,14-17,20-21,25,30-31,34-35H,3-11,13,18-19,22-24,26-29H2,1-2H3/b15-12-,17-14-,20-16-,25-21+/t30-,31+/m1/s1. The molecule has 2 N–H and O–H groups in total. The van der Waals surface area contributed by atoms with Crippen LogP contribution in [0, 0.1) is 0 Å². The number of hydrogen-bond acceptors (Lipinski definition) is 6. The van der Waals surface area contributed by atoms with Gasteiger partial charge in [-0.25, -0.2) is 0 Å². The molecule has 0 fully saturated rings. The Morgan fingerprint density at radius 2 is 1.36 bits per heavy atom. The summed E-state index contributed by atoms with van der Waals surface area (Å²) in [6.07, 6.45) is 30.7. The Kier molecular flexibility index (Phi) is 27.2. The predicted molar refractivity (Wildman–Crippen MR) is 160 cm³/mol. The summed E-state index contributed by atoms with van der Waals surface area (Å²) in [5, 5.41) is 19.3. The number of hydrogen-bond donors (Lipinski definition) is 2. The second kappa shape index (κ2) is 28.8. The summed E-state index contributed by atoms with van der Waals surface area (Å²) < 4.78 is 10.4. The number of carbonyl (C=O) groups is 2. The predicted octanol–water partition coefficient (Wildman–Crippen LogP) is 7.69. The second-order valence-corrected chi connectivity index (χ2v) is 10.0. The molecule has 224 valence electrons. The van der Waals surface area contributed by atoms with Gasteiger partial charge in [0.25, 0.3) is 0 Å². The fourth-order valence-electron chi connectivity index (χ4n) is 3.80. The van der Waals surface area contributed by atoms with E-state index in [2.05, 4.69) is 19.9 Å². The zero-order valence-electron chi connectivity index (χ0n) is 24.7. The van der Waals surface area contributed by atoms with Crippen LogP contribution in [0.1, 0.15) is 123 Å². The van der Waals surface area contributed by atoms with Crippen LogP contribution < -0.4 is 0 Å². The highest BCUT2D eigenvalue weighted by Crippen LogP contribution is 2.10. The van der Waals surface area contributed by atoms with Crippen molar-refractivity contribution in [1.82, 2.24) is 0 Å². The molecule has 0 heterocycles. The first kappa shape index (κ1) is 36.8. The summed E-state index contributed by atoms with van der Waals surface area (Å²) in [6, 6.07) is 0. The molecule has 0 spiro atoms. The Morgan fingerprint density at radius 1 is 0.718 bits per heavy atom. The summed E-state index contributed by atoms with van der Waals surface area (Å²) in [5.41, 5.74) is 0. The molecule has 0 rings (SSSR count). The largest absolute Gasteiger partial charge is 0.462 e. The Hall–Kier alpha value is -2.18. The molecule has 0 aliphatic heterocycles. The molecule has 2 atom stereocenters. The highest BCUT2D eigenvalue weighted by atomic mass is 16.6. The zero-order valence-corrected chi connectivity index (χ0v) is 24.7. The minimum Gasteiger partial charge on any atom is -0.462 e. The molecule has 0 amide bonds. The van der Waals surface area contributed by atoms with E-state index in [0.29, 0.717) is 19.3 Å². The highest BCUT2D eigenvalue weighted by molar-refractivity contribution is 5.70. The number of allylic oxidation sites excluding steroid dienone is 6. The second-order valence-electron chi connectivity index (χ2n) is 10.0. The zero-order chi connectivity index (χ0) is 28.8. The van der Waals surface area contributed by atoms with Crippen LogP contribution >= 0.6 is 0 Å². The maximum atomic E-state index is 11.9. The Bertz CT molecular complexity index is 694. The van der Waals surface area contributed by atoms with Crippen LogP contribution in [0.5, 0.6) is 0 Å². The average Bonchev–Trinajstić information content (AvgIpc) is 2.93. The van der Waals surface area contributed by atoms with Crippen molar-refractivity contribution in [2.45, 2.75) is 135 Å². The fraction of sp³-hybridized carbons (Fsp3) is 0.697. The minimum atomic E-state index is -0.806. The molecule has 0 aliphatic rings. The molecule has 39 heavy (non-hydrogen) atoms. The third-order valence-electron chi connectivity index (χ3n) is 6.21. The smallest absolute Gasteiger partial charge is 0.306 e. The third kappa shape index (κ3) is 27.2. The van der Waals surface area contributed by atoms with Crippen molar-refractivity contribution >= 4 is 11.9 Å². The molecule has 0 aromatic carbocycles. The molecule has 0 unspecified atom stereocenters. The van der Waals surface area contributed by atoms with Gasteiger partial charge in [0.1, 0.15) is 6.61 Å². The van der Waals surface area contributed by atoms with Crippen molar-refractivity contribution < 1.29 is 29.3 Å². The van der Waals surface area contributed by atoms with E-state index in [4.69, 9.17) is 9.47 Å². The summed E-state index contributed by atoms with van der Waals surface area (Å²) >= 11 is 0. The maximum absolute atomic E-state index is 11.9. The molecule has 0 radical (unpaired) electrons. The number of esters is 2. The lowest BCUT2D eigenvalue weighted by molar-refractivity contribution is -0.161. The Morgan fingerprint density at radius 3 is 2.10 bits per heavy atom. The molecule has 0 aromatic rings. The van der Waals surface area contributed by atoms with E-state index in [1.54, 1.807) is 6.08 Å². The lowest BCUT2D eigenvalue weighted by atomic mass is 10.1. The van der Waals surface area contributed by atoms with E-state index >= 15 is 0 Å². The van der Waals surface area contributed by atoms with Gasteiger partial charge in [0, 0.05) is 12.8 Å². The van der Waals surface area contributed by atoms with Gasteiger partial charge in [0.2, 0.25) is 0 Å². The Balaban J connectivity index is 3.83. The number of aliphatic hydroxyl groups is 2. The normalized spacial score (nSPS) is 13.6. The van der Waals surface area contributed by atoms with E-state index in [0.717, 1.165) is 38.5 Å². The quantitative estimate of drug-likeness (QED) is 0.0498. The minimum absolute atomic E-state index is 0.115. The van der Waals surface area contributed by atoms with Crippen molar-refractivity contribution in [3.05, 3.63) is 48.6 Å². The van der Waals surface area contributed by atoms with E-state index in [-0.39, 0.29) is 31.6 Å². The number of unbranched alkanes of at least 4 members (excludes halogenated alkanes) is 10. The molecular formula is C33H56O6. The van der Waals surface area contributed by atoms with Crippen molar-refractivity contribution in [2.24, 2.45) is 0 Å². The summed E-state index contributed by atoms with van der Waals surface area (Å²) in [7, 11) is 0. The van der Waals surface area contributed by atoms with Gasteiger partial charge < -0.3 is 19.7 Å². The SMILES string of the molecule is CCCCC/C=C\C[C@@H](O)/C=C/C=C\C/C=C\CCCC(=O)OC[C@H](CO)OC(=O)CCCCCCCCC. The van der Waals surface area contributed by atoms with Crippen LogP contribution in [0.2, 0.25) is 0 Å². The summed E-state index contributed by atoms with van der Waals surface area (Å²) in [4.78, 5) is 23.9. The van der Waals surface area contributed by atoms with Gasteiger partial charge >= 0.3 is 11.9 Å². The van der Waals surface area contributed by atoms with Gasteiger partial charge in [0.15, 0.2) is 6.10 Å². The first-order valence-electron chi connectivity index (χ1n) is 15.3. The van der Waals surface area contributed by atoms with Gasteiger partial charge in [0.05, 0.1) is 12.7 Å². The van der Waals surface area contributed by atoms with Crippen LogP contribution in [0.15, 0.2) is 48.6 Å². The van der Waals surface area contributed by atoms with E-state index in [9.17, 15) is 19.8 Å². The lowest BCUT2D eigenvalue weighted by Crippen LogP contribution is -2.28. The van der Waals surface area contributed by atoms with Crippen molar-refractivity contribution in [1.29, 1.82) is 0 Å². The average molecular weight is 549 g/mol. The van der Waals surface area contributed by atoms with Crippen molar-refractivity contribution in [3.8, 4) is 0 Å². The third-order valence-corrected chi connectivity index (χ3v) is 6.21. The van der Waals surface area contributed by atoms with Crippen LogP contribution in [-0.4, -0.2) is 47.6 Å². The number of aliphatic hydroxyl groups excluding tert-OH is 2. The van der Waals surface area contributed by atoms with E-state index < -0.39 is 12.2 Å². The molecule has 6 nitrogen and oxygen atoms in total. The van der Waals surface area contributed by atoms with Crippen LogP contribution in [0.4, 0.5) is 0 Å². The van der Waals surface area contributed by atoms with Crippen molar-refractivity contribution in [3.63, 3.8) is 0 Å². The molecule has 0 bridgehead atoms. The lowest BCUT2D eigenvalue weighted by Gasteiger charge is -2.15. The Labute approximate surface area is 238 Å².